The Morgan fingerprint density at radius 3 is 2.70 bits per heavy atom. The van der Waals surface area contributed by atoms with Crippen molar-refractivity contribution >= 4 is 11.9 Å². The first-order chi connectivity index (χ1) is 9.50. The van der Waals surface area contributed by atoms with E-state index in [0.717, 1.165) is 18.4 Å². The third-order valence-electron chi connectivity index (χ3n) is 3.90. The summed E-state index contributed by atoms with van der Waals surface area (Å²) in [7, 11) is 0. The van der Waals surface area contributed by atoms with Gasteiger partial charge in [0.25, 0.3) is 0 Å². The van der Waals surface area contributed by atoms with Gasteiger partial charge in [0, 0.05) is 12.6 Å². The Bertz CT molecular complexity index is 510. The number of hydrogen-bond donors (Lipinski definition) is 1. The number of carbonyl (C=O) groups excluding carboxylic acids is 1. The fourth-order valence-corrected chi connectivity index (χ4v) is 2.85. The molecule has 4 nitrogen and oxygen atoms in total. The van der Waals surface area contributed by atoms with E-state index in [-0.39, 0.29) is 30.8 Å². The van der Waals surface area contributed by atoms with Crippen LogP contribution in [0.4, 0.5) is 0 Å². The molecule has 0 spiro atoms. The lowest BCUT2D eigenvalue weighted by atomic mass is 9.99. The number of carboxylic acid groups (broad SMARTS) is 1. The van der Waals surface area contributed by atoms with E-state index in [0.29, 0.717) is 0 Å². The monoisotopic (exact) mass is 275 g/mol. The number of carbonyl (C=O) groups is 2. The second-order valence-corrected chi connectivity index (χ2v) is 5.56. The molecule has 0 fully saturated rings. The van der Waals surface area contributed by atoms with E-state index in [1.807, 2.05) is 32.0 Å². The minimum Gasteiger partial charge on any atom is -0.481 e. The highest BCUT2D eigenvalue weighted by Gasteiger charge is 2.32. The van der Waals surface area contributed by atoms with Gasteiger partial charge in [0.1, 0.15) is 0 Å². The Labute approximate surface area is 119 Å². The number of nitrogens with zero attached hydrogens (tertiary/aromatic N) is 1. The summed E-state index contributed by atoms with van der Waals surface area (Å²) in [5.74, 6) is -0.913. The van der Waals surface area contributed by atoms with E-state index in [1.165, 1.54) is 5.56 Å². The second kappa shape index (κ2) is 6.07. The first-order valence-electron chi connectivity index (χ1n) is 7.10. The average Bonchev–Trinajstić information content (AvgIpc) is 2.81. The van der Waals surface area contributed by atoms with Crippen LogP contribution in [0.3, 0.4) is 0 Å². The van der Waals surface area contributed by atoms with Gasteiger partial charge < -0.3 is 10.0 Å². The molecule has 0 aromatic heterocycles. The van der Waals surface area contributed by atoms with E-state index in [9.17, 15) is 9.59 Å². The first kappa shape index (κ1) is 14.6. The van der Waals surface area contributed by atoms with Gasteiger partial charge in [0.15, 0.2) is 0 Å². The normalized spacial score (nSPS) is 17.1. The van der Waals surface area contributed by atoms with Crippen molar-refractivity contribution in [2.24, 2.45) is 0 Å². The summed E-state index contributed by atoms with van der Waals surface area (Å²) in [4.78, 5) is 25.1. The highest BCUT2D eigenvalue weighted by atomic mass is 16.4. The van der Waals surface area contributed by atoms with Crippen LogP contribution in [0.25, 0.3) is 0 Å². The number of fused-ring (bicyclic) bond motifs is 1. The molecule has 0 radical (unpaired) electrons. The molecule has 108 valence electrons. The van der Waals surface area contributed by atoms with Crippen LogP contribution in [-0.4, -0.2) is 34.5 Å². The summed E-state index contributed by atoms with van der Waals surface area (Å²) >= 11 is 0. The number of aryl methyl sites for hydroxylation is 1. The van der Waals surface area contributed by atoms with Crippen LogP contribution >= 0.6 is 0 Å². The van der Waals surface area contributed by atoms with Crippen molar-refractivity contribution in [2.75, 3.05) is 6.54 Å². The Kier molecular flexibility index (Phi) is 4.42. The molecular weight excluding hydrogens is 254 g/mol. The lowest BCUT2D eigenvalue weighted by Gasteiger charge is -2.29. The first-order valence-corrected chi connectivity index (χ1v) is 7.10. The maximum Gasteiger partial charge on any atom is 0.305 e. The topological polar surface area (TPSA) is 57.6 Å². The summed E-state index contributed by atoms with van der Waals surface area (Å²) in [6.07, 6.45) is 1.75. The van der Waals surface area contributed by atoms with Gasteiger partial charge in [-0.3, -0.25) is 9.59 Å². The van der Waals surface area contributed by atoms with E-state index in [1.54, 1.807) is 4.90 Å². The van der Waals surface area contributed by atoms with E-state index < -0.39 is 5.97 Å². The summed E-state index contributed by atoms with van der Waals surface area (Å²) in [5, 5.41) is 8.81. The molecule has 1 amide bonds. The van der Waals surface area contributed by atoms with E-state index in [4.69, 9.17) is 5.11 Å². The Morgan fingerprint density at radius 2 is 2.05 bits per heavy atom. The van der Waals surface area contributed by atoms with Gasteiger partial charge in [-0.05, 0) is 37.8 Å². The standard InChI is InChI=1S/C16H21NO3/c1-11(2)17(10-9-15(18)19)16(20)14-8-7-12-5-3-4-6-13(12)14/h3-6,11,14H,7-10H2,1-2H3,(H,18,19). The van der Waals surface area contributed by atoms with Crippen molar-refractivity contribution in [2.45, 2.75) is 45.1 Å². The quantitative estimate of drug-likeness (QED) is 0.898. The van der Waals surface area contributed by atoms with E-state index >= 15 is 0 Å². The number of amides is 1. The molecule has 1 N–H and O–H groups in total. The van der Waals surface area contributed by atoms with Crippen LogP contribution in [-0.2, 0) is 16.0 Å². The zero-order chi connectivity index (χ0) is 14.7. The second-order valence-electron chi connectivity index (χ2n) is 5.56. The predicted molar refractivity (Wildman–Crippen MR) is 76.6 cm³/mol. The lowest BCUT2D eigenvalue weighted by molar-refractivity contribution is -0.139. The molecule has 4 heteroatoms. The van der Waals surface area contributed by atoms with Crippen molar-refractivity contribution in [1.82, 2.24) is 4.90 Å². The highest BCUT2D eigenvalue weighted by Crippen LogP contribution is 2.34. The number of rotatable bonds is 5. The molecule has 1 aliphatic carbocycles. The maximum atomic E-state index is 12.7. The Hall–Kier alpha value is -1.84. The average molecular weight is 275 g/mol. The molecule has 1 unspecified atom stereocenters. The molecule has 1 aromatic carbocycles. The van der Waals surface area contributed by atoms with Crippen molar-refractivity contribution in [3.63, 3.8) is 0 Å². The largest absolute Gasteiger partial charge is 0.481 e. The van der Waals surface area contributed by atoms with Gasteiger partial charge in [0.05, 0.1) is 12.3 Å². The highest BCUT2D eigenvalue weighted by molar-refractivity contribution is 5.85. The molecule has 1 atom stereocenters. The van der Waals surface area contributed by atoms with Gasteiger partial charge in [-0.25, -0.2) is 0 Å². The summed E-state index contributed by atoms with van der Waals surface area (Å²) in [6.45, 7) is 4.14. The molecule has 2 rings (SSSR count). The minimum atomic E-state index is -0.865. The molecular formula is C16H21NO3. The molecule has 1 aliphatic rings. The van der Waals surface area contributed by atoms with Gasteiger partial charge in [-0.2, -0.15) is 0 Å². The third-order valence-corrected chi connectivity index (χ3v) is 3.90. The van der Waals surface area contributed by atoms with Crippen molar-refractivity contribution < 1.29 is 14.7 Å². The number of hydrogen-bond acceptors (Lipinski definition) is 2. The number of benzene rings is 1. The lowest BCUT2D eigenvalue weighted by Crippen LogP contribution is -2.41. The van der Waals surface area contributed by atoms with Crippen molar-refractivity contribution in [1.29, 1.82) is 0 Å². The fraction of sp³-hybridized carbons (Fsp3) is 0.500. The minimum absolute atomic E-state index is 0.00170. The van der Waals surface area contributed by atoms with Gasteiger partial charge in [-0.1, -0.05) is 24.3 Å². The summed E-state index contributed by atoms with van der Waals surface area (Å²) in [6, 6.07) is 8.06. The fourth-order valence-electron chi connectivity index (χ4n) is 2.85. The van der Waals surface area contributed by atoms with Crippen LogP contribution in [0.1, 0.15) is 43.7 Å². The van der Waals surface area contributed by atoms with Crippen LogP contribution < -0.4 is 0 Å². The SMILES string of the molecule is CC(C)N(CCC(=O)O)C(=O)C1CCc2ccccc21. The molecule has 20 heavy (non-hydrogen) atoms. The zero-order valence-corrected chi connectivity index (χ0v) is 12.0. The molecule has 0 saturated heterocycles. The molecule has 1 aromatic rings. The number of carboxylic acids is 1. The molecule has 0 aliphatic heterocycles. The van der Waals surface area contributed by atoms with Gasteiger partial charge in [0.2, 0.25) is 5.91 Å². The van der Waals surface area contributed by atoms with Crippen LogP contribution in [0.2, 0.25) is 0 Å². The summed E-state index contributed by atoms with van der Waals surface area (Å²) < 4.78 is 0. The van der Waals surface area contributed by atoms with Crippen molar-refractivity contribution in [3.05, 3.63) is 35.4 Å². The maximum absolute atomic E-state index is 12.7. The third kappa shape index (κ3) is 3.00. The Morgan fingerprint density at radius 1 is 1.35 bits per heavy atom. The predicted octanol–water partition coefficient (Wildman–Crippen LogP) is 2.43. The smallest absolute Gasteiger partial charge is 0.305 e. The van der Waals surface area contributed by atoms with Crippen molar-refractivity contribution in [3.8, 4) is 0 Å². The van der Waals surface area contributed by atoms with Gasteiger partial charge in [-0.15, -0.1) is 0 Å². The molecule has 0 saturated carbocycles. The molecule has 0 bridgehead atoms. The van der Waals surface area contributed by atoms with Crippen LogP contribution in [0.5, 0.6) is 0 Å². The van der Waals surface area contributed by atoms with Crippen LogP contribution in [0, 0.1) is 0 Å². The van der Waals surface area contributed by atoms with Gasteiger partial charge >= 0.3 is 5.97 Å². The number of aliphatic carboxylic acids is 1. The van der Waals surface area contributed by atoms with E-state index in [2.05, 4.69) is 6.07 Å². The zero-order valence-electron chi connectivity index (χ0n) is 12.0. The Balaban J connectivity index is 2.15. The summed E-state index contributed by atoms with van der Waals surface area (Å²) in [5.41, 5.74) is 2.35. The van der Waals surface area contributed by atoms with Crippen LogP contribution in [0.15, 0.2) is 24.3 Å². The molecule has 0 heterocycles.